The molecule has 1 saturated heterocycles. The summed E-state index contributed by atoms with van der Waals surface area (Å²) in [6.45, 7) is 1.26. The molecule has 130 valence electrons. The van der Waals surface area contributed by atoms with Gasteiger partial charge in [0.2, 0.25) is 0 Å². The number of carboxylic acids is 1. The van der Waals surface area contributed by atoms with Crippen LogP contribution in [0.25, 0.3) is 0 Å². The Morgan fingerprint density at radius 1 is 1.25 bits per heavy atom. The van der Waals surface area contributed by atoms with Crippen molar-refractivity contribution in [3.63, 3.8) is 0 Å². The van der Waals surface area contributed by atoms with Gasteiger partial charge in [-0.2, -0.15) is 0 Å². The summed E-state index contributed by atoms with van der Waals surface area (Å²) in [6.07, 6.45) is 2.57. The fraction of sp³-hybridized carbons (Fsp3) is 0.500. The minimum Gasteiger partial charge on any atom is -0.481 e. The van der Waals surface area contributed by atoms with Gasteiger partial charge in [-0.3, -0.25) is 14.4 Å². The van der Waals surface area contributed by atoms with E-state index >= 15 is 0 Å². The number of amides is 2. The molecule has 6 nitrogen and oxygen atoms in total. The van der Waals surface area contributed by atoms with Gasteiger partial charge in [-0.05, 0) is 43.4 Å². The lowest BCUT2D eigenvalue weighted by Crippen LogP contribution is -2.40. The number of likely N-dealkylation sites (tertiary alicyclic amines) is 1. The van der Waals surface area contributed by atoms with Crippen LogP contribution in [0.3, 0.4) is 0 Å². The smallest absolute Gasteiger partial charge is 0.303 e. The van der Waals surface area contributed by atoms with Crippen LogP contribution in [0.2, 0.25) is 0 Å². The minimum atomic E-state index is -0.798. The number of carbonyl (C=O) groups excluding carboxylic acids is 2. The third-order valence-electron chi connectivity index (χ3n) is 4.34. The Balaban J connectivity index is 2.06. The summed E-state index contributed by atoms with van der Waals surface area (Å²) in [6, 6.07) is 6.77. The Morgan fingerprint density at radius 3 is 2.62 bits per heavy atom. The summed E-state index contributed by atoms with van der Waals surface area (Å²) in [5.41, 5.74) is 0.992. The standard InChI is InChI=1S/C18H24N2O4/c1-19(2)17(23)14-6-3-7-15(11-14)18(24)20-10-4-5-13(12-20)8-9-16(21)22/h3,6-7,11,13H,4-5,8-10,12H2,1-2H3,(H,21,22). The van der Waals surface area contributed by atoms with Crippen molar-refractivity contribution in [1.29, 1.82) is 0 Å². The molecule has 1 aromatic rings. The molecule has 0 aromatic heterocycles. The highest BCUT2D eigenvalue weighted by atomic mass is 16.4. The van der Waals surface area contributed by atoms with Gasteiger partial charge in [-0.25, -0.2) is 0 Å². The summed E-state index contributed by atoms with van der Waals surface area (Å²) in [5.74, 6) is -0.801. The zero-order valence-corrected chi connectivity index (χ0v) is 14.2. The van der Waals surface area contributed by atoms with E-state index in [1.165, 1.54) is 4.90 Å². The van der Waals surface area contributed by atoms with Crippen molar-refractivity contribution in [3.05, 3.63) is 35.4 Å². The van der Waals surface area contributed by atoms with Gasteiger partial charge >= 0.3 is 5.97 Å². The molecule has 1 N–H and O–H groups in total. The molecule has 6 heteroatoms. The predicted molar refractivity (Wildman–Crippen MR) is 90.0 cm³/mol. The van der Waals surface area contributed by atoms with Gasteiger partial charge in [0.05, 0.1) is 0 Å². The summed E-state index contributed by atoms with van der Waals surface area (Å²) >= 11 is 0. The Kier molecular flexibility index (Phi) is 5.95. The average molecular weight is 332 g/mol. The molecule has 2 rings (SSSR count). The maximum atomic E-state index is 12.7. The quantitative estimate of drug-likeness (QED) is 0.896. The van der Waals surface area contributed by atoms with Gasteiger partial charge in [0, 0.05) is 44.7 Å². The first-order valence-corrected chi connectivity index (χ1v) is 8.21. The van der Waals surface area contributed by atoms with Crippen LogP contribution >= 0.6 is 0 Å². The largest absolute Gasteiger partial charge is 0.481 e. The second-order valence-corrected chi connectivity index (χ2v) is 6.47. The summed E-state index contributed by atoms with van der Waals surface area (Å²) in [4.78, 5) is 38.7. The molecule has 0 aliphatic carbocycles. The van der Waals surface area contributed by atoms with Gasteiger partial charge in [0.1, 0.15) is 0 Å². The van der Waals surface area contributed by atoms with Crippen LogP contribution in [0.15, 0.2) is 24.3 Å². The first kappa shape index (κ1) is 18.0. The van der Waals surface area contributed by atoms with Crippen LogP contribution < -0.4 is 0 Å². The molecule has 1 unspecified atom stereocenters. The Morgan fingerprint density at radius 2 is 1.96 bits per heavy atom. The molecule has 0 saturated carbocycles. The lowest BCUT2D eigenvalue weighted by atomic mass is 9.93. The monoisotopic (exact) mass is 332 g/mol. The number of piperidine rings is 1. The first-order chi connectivity index (χ1) is 11.4. The van der Waals surface area contributed by atoms with Crippen molar-refractivity contribution in [2.75, 3.05) is 27.2 Å². The molecule has 1 aliphatic rings. The second-order valence-electron chi connectivity index (χ2n) is 6.47. The molecule has 1 fully saturated rings. The van der Waals surface area contributed by atoms with Crippen LogP contribution in [0.1, 0.15) is 46.4 Å². The minimum absolute atomic E-state index is 0.0940. The molecule has 1 heterocycles. The molecular formula is C18H24N2O4. The highest BCUT2D eigenvalue weighted by Gasteiger charge is 2.25. The van der Waals surface area contributed by atoms with E-state index in [2.05, 4.69) is 0 Å². The number of carboxylic acid groups (broad SMARTS) is 1. The van der Waals surface area contributed by atoms with E-state index in [0.717, 1.165) is 12.8 Å². The van der Waals surface area contributed by atoms with Crippen molar-refractivity contribution in [3.8, 4) is 0 Å². The molecule has 2 amide bonds. The van der Waals surface area contributed by atoms with E-state index in [-0.39, 0.29) is 24.2 Å². The summed E-state index contributed by atoms with van der Waals surface area (Å²) < 4.78 is 0. The summed E-state index contributed by atoms with van der Waals surface area (Å²) in [7, 11) is 3.35. The van der Waals surface area contributed by atoms with Gasteiger partial charge < -0.3 is 14.9 Å². The lowest BCUT2D eigenvalue weighted by Gasteiger charge is -2.32. The molecule has 1 aliphatic heterocycles. The highest BCUT2D eigenvalue weighted by molar-refractivity contribution is 5.99. The van der Waals surface area contributed by atoms with Crippen molar-refractivity contribution < 1.29 is 19.5 Å². The number of carbonyl (C=O) groups is 3. The number of rotatable bonds is 5. The molecule has 0 bridgehead atoms. The Bertz CT molecular complexity index is 627. The van der Waals surface area contributed by atoms with Gasteiger partial charge in [-0.1, -0.05) is 6.07 Å². The molecule has 1 aromatic carbocycles. The van der Waals surface area contributed by atoms with E-state index in [9.17, 15) is 14.4 Å². The van der Waals surface area contributed by atoms with Crippen LogP contribution in [-0.2, 0) is 4.79 Å². The van der Waals surface area contributed by atoms with E-state index in [1.54, 1.807) is 43.3 Å². The fourth-order valence-corrected chi connectivity index (χ4v) is 3.04. The predicted octanol–water partition coefficient (Wildman–Crippen LogP) is 2.11. The number of hydrogen-bond donors (Lipinski definition) is 1. The Hall–Kier alpha value is -2.37. The maximum Gasteiger partial charge on any atom is 0.303 e. The van der Waals surface area contributed by atoms with Crippen LogP contribution in [-0.4, -0.2) is 59.9 Å². The normalized spacial score (nSPS) is 17.4. The van der Waals surface area contributed by atoms with Crippen LogP contribution in [0.4, 0.5) is 0 Å². The Labute approximate surface area is 142 Å². The maximum absolute atomic E-state index is 12.7. The first-order valence-electron chi connectivity index (χ1n) is 8.21. The highest BCUT2D eigenvalue weighted by Crippen LogP contribution is 2.22. The van der Waals surface area contributed by atoms with E-state index in [0.29, 0.717) is 30.6 Å². The van der Waals surface area contributed by atoms with Gasteiger partial charge in [0.25, 0.3) is 11.8 Å². The molecular weight excluding hydrogens is 308 g/mol. The number of nitrogens with zero attached hydrogens (tertiary/aromatic N) is 2. The van der Waals surface area contributed by atoms with Gasteiger partial charge in [0.15, 0.2) is 0 Å². The zero-order chi connectivity index (χ0) is 17.7. The third-order valence-corrected chi connectivity index (χ3v) is 4.34. The molecule has 1 atom stereocenters. The van der Waals surface area contributed by atoms with Crippen molar-refractivity contribution in [2.24, 2.45) is 5.92 Å². The number of hydrogen-bond acceptors (Lipinski definition) is 3. The second kappa shape index (κ2) is 7.95. The number of aliphatic carboxylic acids is 1. The van der Waals surface area contributed by atoms with Crippen molar-refractivity contribution in [2.45, 2.75) is 25.7 Å². The van der Waals surface area contributed by atoms with Crippen LogP contribution in [0.5, 0.6) is 0 Å². The summed E-state index contributed by atoms with van der Waals surface area (Å²) in [5, 5.41) is 8.81. The zero-order valence-electron chi connectivity index (χ0n) is 14.2. The van der Waals surface area contributed by atoms with Crippen molar-refractivity contribution in [1.82, 2.24) is 9.80 Å². The molecule has 24 heavy (non-hydrogen) atoms. The van der Waals surface area contributed by atoms with Gasteiger partial charge in [-0.15, -0.1) is 0 Å². The lowest BCUT2D eigenvalue weighted by molar-refractivity contribution is -0.137. The van der Waals surface area contributed by atoms with Crippen LogP contribution in [0, 0.1) is 5.92 Å². The fourth-order valence-electron chi connectivity index (χ4n) is 3.04. The topological polar surface area (TPSA) is 77.9 Å². The average Bonchev–Trinajstić information content (AvgIpc) is 2.59. The SMILES string of the molecule is CN(C)C(=O)c1cccc(C(=O)N2CCCC(CCC(=O)O)C2)c1. The van der Waals surface area contributed by atoms with E-state index in [4.69, 9.17) is 5.11 Å². The number of benzene rings is 1. The van der Waals surface area contributed by atoms with Crippen molar-refractivity contribution >= 4 is 17.8 Å². The third kappa shape index (κ3) is 4.57. The van der Waals surface area contributed by atoms with E-state index in [1.807, 2.05) is 0 Å². The molecule has 0 spiro atoms. The molecule has 0 radical (unpaired) electrons. The van der Waals surface area contributed by atoms with E-state index < -0.39 is 5.97 Å².